The first kappa shape index (κ1) is 78.4. The molecule has 4 heterocycles. The number of hydrogen-bond acceptors (Lipinski definition) is 24. The minimum atomic E-state index is -2.15. The number of rotatable bonds is 20. The number of ether oxygens (including phenoxy) is 14. The number of ketones is 1. The first-order valence-corrected chi connectivity index (χ1v) is 35.6. The normalized spacial score (nSPS) is 37.7. The first-order valence-electron chi connectivity index (χ1n) is 34.5. The van der Waals surface area contributed by atoms with Crippen LogP contribution in [0.2, 0.25) is 0 Å². The molecule has 5 N–H and O–H groups in total. The number of hydrogen-bond donors (Lipinski definition) is 5. The van der Waals surface area contributed by atoms with Gasteiger partial charge in [-0.15, -0.1) is 0 Å². The van der Waals surface area contributed by atoms with Crippen LogP contribution in [0.5, 0.6) is 11.5 Å². The van der Waals surface area contributed by atoms with Gasteiger partial charge in [-0.1, -0.05) is 102 Å². The predicted octanol–water partition coefficient (Wildman–Crippen LogP) is 9.43. The van der Waals surface area contributed by atoms with E-state index in [1.807, 2.05) is 27.7 Å². The average Bonchev–Trinajstić information content (AvgIpc) is 1.62. The van der Waals surface area contributed by atoms with E-state index in [2.05, 4.69) is 33.8 Å². The summed E-state index contributed by atoms with van der Waals surface area (Å²) in [4.78, 5) is 65.2. The van der Waals surface area contributed by atoms with E-state index in [4.69, 9.17) is 107 Å². The van der Waals surface area contributed by atoms with Crippen molar-refractivity contribution in [3.05, 3.63) is 71.3 Å². The van der Waals surface area contributed by atoms with E-state index < -0.39 is 120 Å². The third-order valence-corrected chi connectivity index (χ3v) is 22.5. The van der Waals surface area contributed by atoms with Crippen LogP contribution in [0.1, 0.15) is 148 Å². The number of allylic oxidation sites excluding steroid dienone is 1. The maximum atomic E-state index is 14.1. The van der Waals surface area contributed by atoms with Crippen molar-refractivity contribution in [2.24, 2.45) is 64.1 Å². The highest BCUT2D eigenvalue weighted by atomic mass is 35.6. The Morgan fingerprint density at radius 2 is 1.15 bits per heavy atom. The standard InChI is InChI=1S/C47H68O14.C25H32Cl3NO9/c1-24(2)8-15-34(50)25(3)38-37(21-33-31-14-11-28-20-29(49)16-18-46(28,5)32(31)17-19-47(33,38)6)59-45-42(58-26(4)48)40(36(52)23-57-45)61-44-41(39(53)35(51)22-56-44)60-43(54)27-9-12-30(55-7)13-10-27;1-12-10-33-22(19(14(12)3)36-21(31)16-6-8-17(32-5)9-7-16)37-18-13(2)11-34-23(20(18)35-15(4)30)38-24(29)25(26,27)28/h9-13,24-25,29,31-33,35-42,44-45,49,51-53H,8,14-23H2,1-7H3;6-9,12-14,18-20,22-23,29H,10-11H2,1-5H3/t25-,29+,31-,32+,33+,35?,36?,37+,38+,39?,40?,41?,42?,44?,45?,46+,47+;/m1./s1. The molecular formula is C72H100Cl3NO23. The molecule has 4 saturated heterocycles. The minimum Gasteiger partial charge on any atom is -0.497 e. The summed E-state index contributed by atoms with van der Waals surface area (Å²) in [6.07, 6.45) is -7.56. The topological polar surface area (TPSA) is 319 Å². The average molecular weight is 1450 g/mol. The second-order valence-electron chi connectivity index (χ2n) is 29.1. The fourth-order valence-corrected chi connectivity index (χ4v) is 16.4. The zero-order valence-corrected chi connectivity index (χ0v) is 60.7. The molecule has 24 nitrogen and oxygen atoms in total. The summed E-state index contributed by atoms with van der Waals surface area (Å²) in [5, 5.41) is 51.5. The van der Waals surface area contributed by atoms with Crippen LogP contribution in [0.3, 0.4) is 0 Å². The number of Topliss-reactive ketones (excluding diaryl/α,β-unsaturated/α-hetero) is 1. The fourth-order valence-electron chi connectivity index (χ4n) is 16.3. The van der Waals surface area contributed by atoms with Gasteiger partial charge in [0.25, 0.3) is 3.79 Å². The quantitative estimate of drug-likeness (QED) is 0.0206. The van der Waals surface area contributed by atoms with Crippen molar-refractivity contribution in [3.63, 3.8) is 0 Å². The third-order valence-electron chi connectivity index (χ3n) is 22.0. The minimum absolute atomic E-state index is 0.00978. The number of esters is 4. The third kappa shape index (κ3) is 18.1. The summed E-state index contributed by atoms with van der Waals surface area (Å²) in [5.74, 6) is -1.58. The molecule has 0 bridgehead atoms. The zero-order chi connectivity index (χ0) is 72.2. The van der Waals surface area contributed by atoms with E-state index in [1.54, 1.807) is 36.4 Å². The number of carbonyl (C=O) groups is 5. The van der Waals surface area contributed by atoms with E-state index in [0.29, 0.717) is 54.3 Å². The molecule has 552 valence electrons. The SMILES string of the molecule is COc1ccc(C(=O)OC2C(OC3C(C)COC(OC(=N)C(Cl)(Cl)Cl)C3OC(C)=O)OCC(C)C2C)cc1.COc1ccc(C(=O)OC2C(OC3C(O)COC(O[C@H]4C[C@H]5[C@@H]6CC=C7C[C@@H](O)CC[C@]7(C)[C@H]6CC[C@]5(C)[C@H]4[C@H](C)C(=O)CCC(C)C)C3OC(C)=O)OCC(O)C2O)cc1. The van der Waals surface area contributed by atoms with Crippen LogP contribution >= 0.6 is 34.8 Å². The largest absolute Gasteiger partial charge is 0.497 e. The van der Waals surface area contributed by atoms with Gasteiger partial charge in [-0.05, 0) is 140 Å². The molecular weight excluding hydrogens is 1350 g/mol. The highest BCUT2D eigenvalue weighted by Crippen LogP contribution is 2.68. The van der Waals surface area contributed by atoms with Gasteiger partial charge in [-0.3, -0.25) is 19.8 Å². The van der Waals surface area contributed by atoms with Crippen molar-refractivity contribution in [2.45, 2.75) is 223 Å². The van der Waals surface area contributed by atoms with Crippen LogP contribution in [0.15, 0.2) is 60.2 Å². The molecule has 10 rings (SSSR count). The molecule has 16 unspecified atom stereocenters. The maximum Gasteiger partial charge on any atom is 0.338 e. The lowest BCUT2D eigenvalue weighted by atomic mass is 9.47. The van der Waals surface area contributed by atoms with Crippen LogP contribution in [0.4, 0.5) is 0 Å². The Bertz CT molecular complexity index is 3130. The lowest BCUT2D eigenvalue weighted by molar-refractivity contribution is -0.340. The number of aliphatic hydroxyl groups excluding tert-OH is 4. The van der Waals surface area contributed by atoms with Gasteiger partial charge in [0.1, 0.15) is 47.8 Å². The molecule has 25 atom stereocenters. The van der Waals surface area contributed by atoms with Crippen molar-refractivity contribution in [3.8, 4) is 11.5 Å². The molecule has 7 fully saturated rings. The Morgan fingerprint density at radius 3 is 1.73 bits per heavy atom. The van der Waals surface area contributed by atoms with Crippen molar-refractivity contribution in [2.75, 3.05) is 40.6 Å². The van der Waals surface area contributed by atoms with E-state index in [9.17, 15) is 44.4 Å². The summed E-state index contributed by atoms with van der Waals surface area (Å²) in [6.45, 7) is 19.0. The number of halogens is 3. The van der Waals surface area contributed by atoms with Gasteiger partial charge in [-0.25, -0.2) is 9.59 Å². The molecule has 0 radical (unpaired) electrons. The molecule has 8 aliphatic rings. The monoisotopic (exact) mass is 1450 g/mol. The number of benzene rings is 2. The Balaban J connectivity index is 0.000000259. The van der Waals surface area contributed by atoms with Gasteiger partial charge in [-0.2, -0.15) is 0 Å². The predicted molar refractivity (Wildman–Crippen MR) is 359 cm³/mol. The molecule has 3 saturated carbocycles. The Labute approximate surface area is 594 Å². The number of methoxy groups -OCH3 is 2. The number of alkyl halides is 3. The van der Waals surface area contributed by atoms with Gasteiger partial charge < -0.3 is 86.7 Å². The molecule has 0 amide bonds. The molecule has 2 aromatic carbocycles. The Morgan fingerprint density at radius 1 is 0.626 bits per heavy atom. The van der Waals surface area contributed by atoms with Crippen LogP contribution in [0.25, 0.3) is 0 Å². The molecule has 0 spiro atoms. The summed E-state index contributed by atoms with van der Waals surface area (Å²) >= 11 is 17.3. The van der Waals surface area contributed by atoms with Crippen molar-refractivity contribution in [1.82, 2.24) is 0 Å². The number of fused-ring (bicyclic) bond motifs is 5. The zero-order valence-electron chi connectivity index (χ0n) is 58.4. The molecule has 99 heavy (non-hydrogen) atoms. The van der Waals surface area contributed by atoms with Crippen molar-refractivity contribution < 1.29 is 111 Å². The molecule has 4 aliphatic carbocycles. The molecule has 4 aliphatic heterocycles. The second kappa shape index (κ2) is 33.3. The Kier molecular flexibility index (Phi) is 26.4. The van der Waals surface area contributed by atoms with Gasteiger partial charge in [0, 0.05) is 43.9 Å². The van der Waals surface area contributed by atoms with E-state index in [0.717, 1.165) is 44.9 Å². The van der Waals surface area contributed by atoms with Gasteiger partial charge in [0.15, 0.2) is 43.3 Å². The fraction of sp³-hybridized carbons (Fsp3) is 0.722. The van der Waals surface area contributed by atoms with Gasteiger partial charge in [0.05, 0.1) is 64.0 Å². The molecule has 27 heteroatoms. The van der Waals surface area contributed by atoms with E-state index in [-0.39, 0.29) is 83.6 Å². The van der Waals surface area contributed by atoms with Crippen LogP contribution in [-0.2, 0) is 71.2 Å². The number of nitrogens with one attached hydrogen (secondary N) is 1. The van der Waals surface area contributed by atoms with Gasteiger partial charge in [0.2, 0.25) is 12.2 Å². The Hall–Kier alpha value is -4.77. The smallest absolute Gasteiger partial charge is 0.338 e. The van der Waals surface area contributed by atoms with Crippen LogP contribution < -0.4 is 9.47 Å². The van der Waals surface area contributed by atoms with Gasteiger partial charge >= 0.3 is 23.9 Å². The summed E-state index contributed by atoms with van der Waals surface area (Å²) in [5.41, 5.74) is 1.62. The number of aliphatic hydroxyl groups is 4. The summed E-state index contributed by atoms with van der Waals surface area (Å²) in [6, 6.07) is 12.7. The maximum absolute atomic E-state index is 14.1. The summed E-state index contributed by atoms with van der Waals surface area (Å²) in [7, 11) is 3.03. The van der Waals surface area contributed by atoms with E-state index >= 15 is 0 Å². The number of carbonyl (C=O) groups excluding carboxylic acids is 5. The van der Waals surface area contributed by atoms with Crippen LogP contribution in [0, 0.1) is 69.5 Å². The van der Waals surface area contributed by atoms with Crippen molar-refractivity contribution >= 4 is 70.4 Å². The summed E-state index contributed by atoms with van der Waals surface area (Å²) < 4.78 is 79.8. The van der Waals surface area contributed by atoms with Crippen molar-refractivity contribution in [1.29, 1.82) is 5.41 Å². The second-order valence-corrected chi connectivity index (χ2v) is 31.3. The lowest BCUT2D eigenvalue weighted by Crippen LogP contribution is -2.62. The molecule has 2 aromatic rings. The van der Waals surface area contributed by atoms with Crippen LogP contribution in [-0.4, -0.2) is 193 Å². The van der Waals surface area contributed by atoms with E-state index in [1.165, 1.54) is 45.8 Å². The molecule has 0 aromatic heterocycles. The lowest BCUT2D eigenvalue weighted by Gasteiger charge is -2.58. The first-order chi connectivity index (χ1) is 46.8. The highest BCUT2D eigenvalue weighted by molar-refractivity contribution is 6.76. The highest BCUT2D eigenvalue weighted by Gasteiger charge is 2.64.